The van der Waals surface area contributed by atoms with Crippen LogP contribution in [0.2, 0.25) is 0 Å². The van der Waals surface area contributed by atoms with Crippen LogP contribution in [0.15, 0.2) is 28.4 Å². The lowest BCUT2D eigenvalue weighted by Crippen LogP contribution is -2.21. The molecule has 3 rings (SSSR count). The van der Waals surface area contributed by atoms with Gasteiger partial charge >= 0.3 is 0 Å². The maximum Gasteiger partial charge on any atom is 0.268 e. The first-order valence-electron chi connectivity index (χ1n) is 6.39. The van der Waals surface area contributed by atoms with E-state index in [4.69, 9.17) is 0 Å². The number of aromatic amines is 1. The Morgan fingerprint density at radius 2 is 2.25 bits per heavy atom. The molecule has 104 valence electrons. The number of H-pyrrole nitrogens is 1. The molecular formula is C14H15N3OS2. The van der Waals surface area contributed by atoms with Gasteiger partial charge in [0, 0.05) is 15.8 Å². The fourth-order valence-electron chi connectivity index (χ4n) is 2.04. The SMILES string of the molecule is Cc1ccc(C(C)NCc2nc3ccsc3c(=O)[nH]2)s1. The molecule has 3 aromatic heterocycles. The fraction of sp³-hybridized carbons (Fsp3) is 0.286. The second-order valence-electron chi connectivity index (χ2n) is 4.70. The Morgan fingerprint density at radius 3 is 3.00 bits per heavy atom. The summed E-state index contributed by atoms with van der Waals surface area (Å²) < 4.78 is 0.690. The van der Waals surface area contributed by atoms with Crippen molar-refractivity contribution in [2.75, 3.05) is 0 Å². The molecule has 3 aromatic rings. The van der Waals surface area contributed by atoms with E-state index in [-0.39, 0.29) is 11.6 Å². The smallest absolute Gasteiger partial charge is 0.268 e. The van der Waals surface area contributed by atoms with Gasteiger partial charge in [-0.2, -0.15) is 0 Å². The topological polar surface area (TPSA) is 57.8 Å². The summed E-state index contributed by atoms with van der Waals surface area (Å²) in [5, 5.41) is 5.28. The summed E-state index contributed by atoms with van der Waals surface area (Å²) in [6.45, 7) is 4.77. The van der Waals surface area contributed by atoms with Gasteiger partial charge in [-0.25, -0.2) is 4.98 Å². The van der Waals surface area contributed by atoms with E-state index in [1.165, 1.54) is 21.1 Å². The largest absolute Gasteiger partial charge is 0.308 e. The highest BCUT2D eigenvalue weighted by molar-refractivity contribution is 7.17. The molecule has 1 atom stereocenters. The number of aromatic nitrogens is 2. The van der Waals surface area contributed by atoms with Crippen molar-refractivity contribution >= 4 is 32.9 Å². The minimum atomic E-state index is -0.0542. The molecule has 0 aliphatic rings. The molecule has 1 unspecified atom stereocenters. The van der Waals surface area contributed by atoms with Crippen molar-refractivity contribution in [2.24, 2.45) is 0 Å². The molecule has 0 aliphatic heterocycles. The molecule has 20 heavy (non-hydrogen) atoms. The van der Waals surface area contributed by atoms with Crippen molar-refractivity contribution in [3.8, 4) is 0 Å². The summed E-state index contributed by atoms with van der Waals surface area (Å²) in [4.78, 5) is 21.8. The zero-order valence-corrected chi connectivity index (χ0v) is 12.9. The lowest BCUT2D eigenvalue weighted by molar-refractivity contribution is 0.567. The van der Waals surface area contributed by atoms with Crippen LogP contribution in [0.1, 0.15) is 28.5 Å². The lowest BCUT2D eigenvalue weighted by Gasteiger charge is -2.11. The van der Waals surface area contributed by atoms with Gasteiger partial charge in [0.15, 0.2) is 0 Å². The molecule has 0 aliphatic carbocycles. The first-order chi connectivity index (χ1) is 9.63. The second kappa shape index (κ2) is 5.47. The molecule has 3 heterocycles. The van der Waals surface area contributed by atoms with Gasteiger partial charge in [0.2, 0.25) is 0 Å². The number of rotatable bonds is 4. The Hall–Kier alpha value is -1.50. The minimum Gasteiger partial charge on any atom is -0.308 e. The Kier molecular flexibility index (Phi) is 3.69. The number of nitrogens with zero attached hydrogens (tertiary/aromatic N) is 1. The van der Waals surface area contributed by atoms with E-state index in [1.54, 1.807) is 11.3 Å². The number of nitrogens with one attached hydrogen (secondary N) is 2. The highest BCUT2D eigenvalue weighted by Crippen LogP contribution is 2.22. The van der Waals surface area contributed by atoms with E-state index >= 15 is 0 Å². The third kappa shape index (κ3) is 2.67. The summed E-state index contributed by atoms with van der Waals surface area (Å²) in [6.07, 6.45) is 0. The molecule has 0 saturated heterocycles. The van der Waals surface area contributed by atoms with Crippen molar-refractivity contribution in [2.45, 2.75) is 26.4 Å². The Labute approximate surface area is 124 Å². The van der Waals surface area contributed by atoms with Crippen molar-refractivity contribution in [3.05, 3.63) is 49.5 Å². The number of fused-ring (bicyclic) bond motifs is 1. The summed E-state index contributed by atoms with van der Waals surface area (Å²) in [5.74, 6) is 0.682. The Morgan fingerprint density at radius 1 is 1.40 bits per heavy atom. The van der Waals surface area contributed by atoms with E-state index in [0.717, 1.165) is 5.52 Å². The average molecular weight is 305 g/mol. The normalized spacial score (nSPS) is 12.9. The van der Waals surface area contributed by atoms with E-state index in [1.807, 2.05) is 11.4 Å². The van der Waals surface area contributed by atoms with Crippen LogP contribution in [0.3, 0.4) is 0 Å². The number of hydrogen-bond acceptors (Lipinski definition) is 5. The average Bonchev–Trinajstić information content (AvgIpc) is 3.04. The van der Waals surface area contributed by atoms with Gasteiger partial charge in [-0.3, -0.25) is 4.79 Å². The van der Waals surface area contributed by atoms with Crippen LogP contribution in [0, 0.1) is 6.92 Å². The van der Waals surface area contributed by atoms with Crippen LogP contribution in [0.4, 0.5) is 0 Å². The van der Waals surface area contributed by atoms with E-state index < -0.39 is 0 Å². The molecule has 4 nitrogen and oxygen atoms in total. The zero-order chi connectivity index (χ0) is 14.1. The standard InChI is InChI=1S/C14H15N3OS2/c1-8-3-4-11(20-8)9(2)15-7-12-16-10-5-6-19-13(10)14(18)17-12/h3-6,9,15H,7H2,1-2H3,(H,16,17,18). The van der Waals surface area contributed by atoms with Crippen LogP contribution in [-0.4, -0.2) is 9.97 Å². The third-order valence-electron chi connectivity index (χ3n) is 3.13. The van der Waals surface area contributed by atoms with Gasteiger partial charge in [-0.15, -0.1) is 22.7 Å². The van der Waals surface area contributed by atoms with Gasteiger partial charge in [0.25, 0.3) is 5.56 Å². The summed E-state index contributed by atoms with van der Waals surface area (Å²) in [5.41, 5.74) is 0.719. The number of aryl methyl sites for hydroxylation is 1. The molecule has 0 radical (unpaired) electrons. The van der Waals surface area contributed by atoms with E-state index in [0.29, 0.717) is 17.1 Å². The van der Waals surface area contributed by atoms with E-state index in [2.05, 4.69) is 41.3 Å². The van der Waals surface area contributed by atoms with Gasteiger partial charge in [0.05, 0.1) is 12.1 Å². The molecule has 0 fully saturated rings. The second-order valence-corrected chi connectivity index (χ2v) is 6.93. The Balaban J connectivity index is 1.75. The minimum absolute atomic E-state index is 0.0542. The third-order valence-corrected chi connectivity index (χ3v) is 5.21. The molecule has 6 heteroatoms. The lowest BCUT2D eigenvalue weighted by atomic mass is 10.2. The molecule has 0 amide bonds. The summed E-state index contributed by atoms with van der Waals surface area (Å²) in [7, 11) is 0. The molecule has 0 saturated carbocycles. The van der Waals surface area contributed by atoms with Gasteiger partial charge in [0.1, 0.15) is 10.5 Å². The fourth-order valence-corrected chi connectivity index (χ4v) is 3.67. The van der Waals surface area contributed by atoms with Crippen LogP contribution in [0.25, 0.3) is 10.2 Å². The molecule has 0 spiro atoms. The number of hydrogen-bond donors (Lipinski definition) is 2. The monoisotopic (exact) mass is 305 g/mol. The Bertz CT molecular complexity index is 787. The molecule has 0 aromatic carbocycles. The quantitative estimate of drug-likeness (QED) is 0.778. The van der Waals surface area contributed by atoms with E-state index in [9.17, 15) is 4.79 Å². The molecule has 2 N–H and O–H groups in total. The van der Waals surface area contributed by atoms with Gasteiger partial charge in [-0.1, -0.05) is 0 Å². The van der Waals surface area contributed by atoms with Crippen LogP contribution in [-0.2, 0) is 6.54 Å². The summed E-state index contributed by atoms with van der Waals surface area (Å²) in [6, 6.07) is 6.38. The predicted molar refractivity (Wildman–Crippen MR) is 84.6 cm³/mol. The van der Waals surface area contributed by atoms with Crippen LogP contribution >= 0.6 is 22.7 Å². The maximum absolute atomic E-state index is 11.9. The zero-order valence-electron chi connectivity index (χ0n) is 11.3. The van der Waals surface area contributed by atoms with Crippen molar-refractivity contribution < 1.29 is 0 Å². The predicted octanol–water partition coefficient (Wildman–Crippen LogP) is 3.21. The number of thiophene rings is 2. The van der Waals surface area contributed by atoms with Crippen molar-refractivity contribution in [1.82, 2.24) is 15.3 Å². The first-order valence-corrected chi connectivity index (χ1v) is 8.09. The molecular weight excluding hydrogens is 290 g/mol. The van der Waals surface area contributed by atoms with Crippen molar-refractivity contribution in [1.29, 1.82) is 0 Å². The maximum atomic E-state index is 11.9. The summed E-state index contributed by atoms with van der Waals surface area (Å²) >= 11 is 3.21. The van der Waals surface area contributed by atoms with Gasteiger partial charge in [-0.05, 0) is 37.4 Å². The molecule has 0 bridgehead atoms. The van der Waals surface area contributed by atoms with Crippen LogP contribution < -0.4 is 10.9 Å². The first kappa shape index (κ1) is 13.5. The van der Waals surface area contributed by atoms with Crippen LogP contribution in [0.5, 0.6) is 0 Å². The van der Waals surface area contributed by atoms with Gasteiger partial charge < -0.3 is 10.3 Å². The highest BCUT2D eigenvalue weighted by Gasteiger charge is 2.09. The van der Waals surface area contributed by atoms with Crippen molar-refractivity contribution in [3.63, 3.8) is 0 Å². The highest BCUT2D eigenvalue weighted by atomic mass is 32.1.